The number of aliphatic hydroxyl groups excluding tert-OH is 1. The molecule has 0 spiro atoms. The van der Waals surface area contributed by atoms with Crippen molar-refractivity contribution < 1.29 is 14.6 Å². The molecule has 4 aliphatic rings. The van der Waals surface area contributed by atoms with E-state index in [2.05, 4.69) is 30.3 Å². The maximum absolute atomic E-state index is 13.3. The first-order chi connectivity index (χ1) is 19.8. The molecule has 0 amide bonds. The van der Waals surface area contributed by atoms with E-state index >= 15 is 0 Å². The number of carbonyl (C=O) groups excluding carboxylic acids is 1. The predicted molar refractivity (Wildman–Crippen MR) is 164 cm³/mol. The molecular weight excluding hydrogens is 530 g/mol. The molecule has 216 valence electrons. The minimum absolute atomic E-state index is 0.117. The molecule has 3 fully saturated rings. The number of allylic oxidation sites excluding steroid dienone is 1. The molecule has 0 unspecified atom stereocenters. The van der Waals surface area contributed by atoms with E-state index in [1.54, 1.807) is 18.3 Å². The van der Waals surface area contributed by atoms with Crippen LogP contribution in [0.4, 0.5) is 0 Å². The molecule has 2 aromatic heterocycles. The van der Waals surface area contributed by atoms with Gasteiger partial charge in [0.25, 0.3) is 5.56 Å². The summed E-state index contributed by atoms with van der Waals surface area (Å²) < 4.78 is 5.41. The van der Waals surface area contributed by atoms with Crippen LogP contribution in [0.2, 0.25) is 0 Å². The number of fused-ring (bicyclic) bond motifs is 6. The zero-order valence-corrected chi connectivity index (χ0v) is 25.2. The molecule has 5 nitrogen and oxygen atoms in total. The molecule has 3 saturated carbocycles. The Kier molecular flexibility index (Phi) is 6.59. The smallest absolute Gasteiger partial charge is 0.344 e. The van der Waals surface area contributed by atoms with Crippen molar-refractivity contribution in [3.8, 4) is 11.1 Å². The van der Waals surface area contributed by atoms with Crippen LogP contribution >= 0.6 is 11.3 Å². The van der Waals surface area contributed by atoms with Crippen molar-refractivity contribution in [3.05, 3.63) is 68.8 Å². The first-order valence-electron chi connectivity index (χ1n) is 15.5. The van der Waals surface area contributed by atoms with E-state index in [4.69, 9.17) is 4.74 Å². The highest BCUT2D eigenvalue weighted by Crippen LogP contribution is 2.68. The van der Waals surface area contributed by atoms with E-state index < -0.39 is 5.97 Å². The van der Waals surface area contributed by atoms with Gasteiger partial charge in [0.2, 0.25) is 0 Å². The third-order valence-electron chi connectivity index (χ3n) is 11.8. The average molecular weight is 572 g/mol. The van der Waals surface area contributed by atoms with Crippen molar-refractivity contribution in [2.45, 2.75) is 84.2 Å². The van der Waals surface area contributed by atoms with Gasteiger partial charge in [-0.3, -0.25) is 4.79 Å². The lowest BCUT2D eigenvalue weighted by molar-refractivity contribution is -0.0408. The summed E-state index contributed by atoms with van der Waals surface area (Å²) in [5, 5.41) is 13.7. The Morgan fingerprint density at radius 2 is 1.90 bits per heavy atom. The third-order valence-corrected chi connectivity index (χ3v) is 12.7. The number of rotatable bonds is 4. The van der Waals surface area contributed by atoms with Crippen LogP contribution < -0.4 is 5.56 Å². The van der Waals surface area contributed by atoms with Crippen LogP contribution in [0.25, 0.3) is 21.3 Å². The molecule has 6 heteroatoms. The molecule has 7 rings (SSSR count). The monoisotopic (exact) mass is 571 g/mol. The second-order valence-electron chi connectivity index (χ2n) is 13.5. The Bertz CT molecular complexity index is 1590. The highest BCUT2D eigenvalue weighted by atomic mass is 32.1. The molecule has 41 heavy (non-hydrogen) atoms. The van der Waals surface area contributed by atoms with Crippen molar-refractivity contribution in [1.29, 1.82) is 0 Å². The molecule has 4 aliphatic carbocycles. The van der Waals surface area contributed by atoms with E-state index in [1.165, 1.54) is 30.4 Å². The van der Waals surface area contributed by atoms with Crippen LogP contribution in [0.15, 0.2) is 52.2 Å². The Hall–Kier alpha value is -2.70. The van der Waals surface area contributed by atoms with E-state index in [-0.39, 0.29) is 34.7 Å². The van der Waals surface area contributed by atoms with Crippen LogP contribution in [0.5, 0.6) is 0 Å². The van der Waals surface area contributed by atoms with Gasteiger partial charge in [-0.15, -0.1) is 11.3 Å². The minimum atomic E-state index is -0.557. The molecular formula is C35H41NO4S. The van der Waals surface area contributed by atoms with Crippen LogP contribution in [0, 0.1) is 28.6 Å². The summed E-state index contributed by atoms with van der Waals surface area (Å²) in [7, 11) is 0. The zero-order chi connectivity index (χ0) is 28.5. The Balaban J connectivity index is 1.33. The number of aromatic amines is 1. The number of nitrogens with one attached hydrogen (secondary N) is 1. The number of benzene rings is 1. The van der Waals surface area contributed by atoms with Crippen LogP contribution in [-0.2, 0) is 4.74 Å². The van der Waals surface area contributed by atoms with Gasteiger partial charge >= 0.3 is 5.97 Å². The maximum atomic E-state index is 13.3. The van der Waals surface area contributed by atoms with Gasteiger partial charge in [-0.1, -0.05) is 55.8 Å². The fourth-order valence-electron chi connectivity index (χ4n) is 9.83. The van der Waals surface area contributed by atoms with Gasteiger partial charge in [0.1, 0.15) is 10.4 Å². The summed E-state index contributed by atoms with van der Waals surface area (Å²) in [6, 6.07) is 9.89. The summed E-state index contributed by atoms with van der Waals surface area (Å²) in [5.41, 5.74) is 4.53. The lowest BCUT2D eigenvalue weighted by Crippen LogP contribution is -2.50. The van der Waals surface area contributed by atoms with Gasteiger partial charge in [-0.25, -0.2) is 4.79 Å². The highest BCUT2D eigenvalue weighted by Gasteiger charge is 2.59. The summed E-state index contributed by atoms with van der Waals surface area (Å²) in [5.74, 6) is 1.83. The lowest BCUT2D eigenvalue weighted by Gasteiger charge is -2.58. The molecule has 1 aromatic carbocycles. The van der Waals surface area contributed by atoms with Crippen LogP contribution in [0.1, 0.15) is 94.0 Å². The number of hydrogen-bond donors (Lipinski definition) is 2. The number of aromatic nitrogens is 1. The number of esters is 1. The fourth-order valence-corrected chi connectivity index (χ4v) is 10.8. The van der Waals surface area contributed by atoms with E-state index in [1.807, 2.05) is 30.3 Å². The Labute approximate surface area is 246 Å². The topological polar surface area (TPSA) is 79.4 Å². The number of H-pyrrole nitrogens is 1. The van der Waals surface area contributed by atoms with Crippen molar-refractivity contribution in [3.63, 3.8) is 0 Å². The van der Waals surface area contributed by atoms with Crippen LogP contribution in [0.3, 0.4) is 0 Å². The van der Waals surface area contributed by atoms with E-state index in [0.29, 0.717) is 23.7 Å². The first-order valence-corrected chi connectivity index (χ1v) is 16.4. The lowest BCUT2D eigenvalue weighted by atomic mass is 9.47. The molecule has 0 bridgehead atoms. The van der Waals surface area contributed by atoms with Gasteiger partial charge in [-0.05, 0) is 109 Å². The fraction of sp³-hybridized carbons (Fsp3) is 0.543. The first kappa shape index (κ1) is 27.2. The number of pyridine rings is 1. The maximum Gasteiger partial charge on any atom is 0.344 e. The Morgan fingerprint density at radius 1 is 1.10 bits per heavy atom. The summed E-state index contributed by atoms with van der Waals surface area (Å²) in [4.78, 5) is 30.4. The second kappa shape index (κ2) is 9.95. The van der Waals surface area contributed by atoms with Crippen molar-refractivity contribution in [2.75, 3.05) is 6.61 Å². The van der Waals surface area contributed by atoms with Gasteiger partial charge in [0, 0.05) is 10.9 Å². The highest BCUT2D eigenvalue weighted by molar-refractivity contribution is 7.17. The molecule has 7 atom stereocenters. The largest absolute Gasteiger partial charge is 0.462 e. The van der Waals surface area contributed by atoms with Gasteiger partial charge in [-0.2, -0.15) is 0 Å². The van der Waals surface area contributed by atoms with E-state index in [0.717, 1.165) is 53.4 Å². The molecule has 0 radical (unpaired) electrons. The number of hydrogen-bond acceptors (Lipinski definition) is 5. The third kappa shape index (κ3) is 4.04. The van der Waals surface area contributed by atoms with E-state index in [9.17, 15) is 14.7 Å². The summed E-state index contributed by atoms with van der Waals surface area (Å²) >= 11 is 1.59. The average Bonchev–Trinajstić information content (AvgIpc) is 3.53. The molecule has 0 aliphatic heterocycles. The quantitative estimate of drug-likeness (QED) is 0.247. The zero-order valence-electron chi connectivity index (χ0n) is 24.4. The minimum Gasteiger partial charge on any atom is -0.462 e. The second-order valence-corrected chi connectivity index (χ2v) is 14.4. The van der Waals surface area contributed by atoms with Crippen molar-refractivity contribution in [1.82, 2.24) is 4.98 Å². The van der Waals surface area contributed by atoms with Gasteiger partial charge < -0.3 is 14.8 Å². The number of carbonyl (C=O) groups is 1. The molecule has 2 N–H and O–H groups in total. The van der Waals surface area contributed by atoms with Crippen LogP contribution in [-0.4, -0.2) is 28.8 Å². The molecule has 3 aromatic rings. The number of ether oxygens (including phenoxy) is 1. The number of aliphatic hydroxyl groups is 1. The van der Waals surface area contributed by atoms with Crippen molar-refractivity contribution in [2.24, 2.45) is 28.6 Å². The number of thiophene rings is 1. The normalized spacial score (nSPS) is 34.4. The van der Waals surface area contributed by atoms with Crippen molar-refractivity contribution >= 4 is 27.5 Å². The van der Waals surface area contributed by atoms with Gasteiger partial charge in [0.05, 0.1) is 12.7 Å². The summed E-state index contributed by atoms with van der Waals surface area (Å²) in [6.45, 7) is 7.02. The predicted octanol–water partition coefficient (Wildman–Crippen LogP) is 7.84. The van der Waals surface area contributed by atoms with Gasteiger partial charge in [0.15, 0.2) is 0 Å². The Morgan fingerprint density at radius 3 is 2.68 bits per heavy atom. The SMILES string of the molecule is CCOC(=O)c1c(-c2ccccc2)c2c([C@H]3CC[C@H]4[C@@H]5CC=C6C[C@@H](O)CC[C@]6(C)[C@H]5CC[C@]34C)csc2[nH]c1=O. The summed E-state index contributed by atoms with van der Waals surface area (Å²) in [6.07, 6.45) is 11.1. The molecule has 2 heterocycles. The molecule has 0 saturated heterocycles. The standard InChI is InChI=1S/C35H41NO4S/c1-4-40-33(39)30-28(20-8-6-5-7-9-20)29-24(19-41-32(29)36-31(30)38)26-13-12-25-23-11-10-21-18-22(37)14-16-34(21,2)27(23)15-17-35(25,26)3/h5-10,19,22-23,25-27,37H,4,11-18H2,1-3H3,(H,36,38)/t22-,23-,25-,26+,27-,34-,35-/m0/s1.